The first kappa shape index (κ1) is 13.1. The second kappa shape index (κ2) is 5.95. The molecule has 1 aromatic carbocycles. The predicted octanol–water partition coefficient (Wildman–Crippen LogP) is 0.391. The van der Waals surface area contributed by atoms with Crippen LogP contribution in [0.1, 0.15) is 16.8 Å². The van der Waals surface area contributed by atoms with Gasteiger partial charge < -0.3 is 15.5 Å². The topological polar surface area (TPSA) is 86.6 Å². The second-order valence-electron chi connectivity index (χ2n) is 3.41. The van der Waals surface area contributed by atoms with Gasteiger partial charge in [-0.1, -0.05) is 0 Å². The third kappa shape index (κ3) is 4.20. The largest absolute Gasteiger partial charge is 0.479 e. The molecule has 5 nitrogen and oxygen atoms in total. The van der Waals surface area contributed by atoms with Crippen LogP contribution in [0.15, 0.2) is 24.3 Å². The third-order valence-corrected chi connectivity index (χ3v) is 2.09. The van der Waals surface area contributed by atoms with Gasteiger partial charge in [-0.15, -0.1) is 0 Å². The Hall–Kier alpha value is -1.95. The highest BCUT2D eigenvalue weighted by Crippen LogP contribution is 2.02. The lowest BCUT2D eigenvalue weighted by Gasteiger charge is -2.07. The van der Waals surface area contributed by atoms with Gasteiger partial charge in [0.1, 0.15) is 5.82 Å². The van der Waals surface area contributed by atoms with E-state index in [0.29, 0.717) is 0 Å². The molecule has 0 aromatic heterocycles. The van der Waals surface area contributed by atoms with E-state index >= 15 is 0 Å². The molecule has 0 bridgehead atoms. The number of aliphatic hydroxyl groups excluding tert-OH is 1. The molecule has 3 N–H and O–H groups in total. The van der Waals surface area contributed by atoms with Gasteiger partial charge >= 0.3 is 5.97 Å². The monoisotopic (exact) mass is 241 g/mol. The fourth-order valence-electron chi connectivity index (χ4n) is 1.15. The van der Waals surface area contributed by atoms with Crippen LogP contribution in [0.25, 0.3) is 0 Å². The number of hydrogen-bond donors (Lipinski definition) is 3. The number of carboxylic acid groups (broad SMARTS) is 1. The van der Waals surface area contributed by atoms with Gasteiger partial charge in [0.15, 0.2) is 6.10 Å². The van der Waals surface area contributed by atoms with E-state index in [1.54, 1.807) is 0 Å². The van der Waals surface area contributed by atoms with Crippen LogP contribution in [0.5, 0.6) is 0 Å². The number of aliphatic carboxylic acids is 1. The maximum absolute atomic E-state index is 12.6. The number of carbonyl (C=O) groups is 2. The Morgan fingerprint density at radius 3 is 2.41 bits per heavy atom. The average Bonchev–Trinajstić information content (AvgIpc) is 2.29. The highest BCUT2D eigenvalue weighted by Gasteiger charge is 2.13. The van der Waals surface area contributed by atoms with Crippen LogP contribution in [-0.4, -0.2) is 34.7 Å². The standard InChI is InChI=1S/C11H12FNO4/c12-8-3-1-7(2-4-8)10(15)13-6-5-9(14)11(16)17/h1-4,9,14H,5-6H2,(H,13,15)(H,16,17). The molecule has 0 fully saturated rings. The number of carboxylic acids is 1. The Morgan fingerprint density at radius 1 is 1.29 bits per heavy atom. The fraction of sp³-hybridized carbons (Fsp3) is 0.273. The predicted molar refractivity (Wildman–Crippen MR) is 57.0 cm³/mol. The Balaban J connectivity index is 2.40. The van der Waals surface area contributed by atoms with Gasteiger partial charge in [-0.2, -0.15) is 0 Å². The van der Waals surface area contributed by atoms with Gasteiger partial charge in [-0.05, 0) is 24.3 Å². The van der Waals surface area contributed by atoms with Crippen LogP contribution >= 0.6 is 0 Å². The Kier molecular flexibility index (Phi) is 4.59. The first-order valence-electron chi connectivity index (χ1n) is 4.95. The Morgan fingerprint density at radius 2 is 1.88 bits per heavy atom. The van der Waals surface area contributed by atoms with Crippen molar-refractivity contribution in [3.05, 3.63) is 35.6 Å². The first-order chi connectivity index (χ1) is 8.00. The zero-order valence-corrected chi connectivity index (χ0v) is 8.89. The number of rotatable bonds is 5. The lowest BCUT2D eigenvalue weighted by atomic mass is 10.2. The zero-order valence-electron chi connectivity index (χ0n) is 8.89. The smallest absolute Gasteiger partial charge is 0.332 e. The number of carbonyl (C=O) groups excluding carboxylic acids is 1. The van der Waals surface area contributed by atoms with Crippen LogP contribution in [0.2, 0.25) is 0 Å². The molecular formula is C11H12FNO4. The Labute approximate surface area is 96.9 Å². The zero-order chi connectivity index (χ0) is 12.8. The molecule has 17 heavy (non-hydrogen) atoms. The van der Waals surface area contributed by atoms with Gasteiger partial charge in [0.05, 0.1) is 0 Å². The van der Waals surface area contributed by atoms with Gasteiger partial charge in [0.2, 0.25) is 0 Å². The summed E-state index contributed by atoms with van der Waals surface area (Å²) in [6, 6.07) is 4.94. The van der Waals surface area contributed by atoms with Gasteiger partial charge in [0, 0.05) is 18.5 Å². The molecule has 0 aliphatic heterocycles. The molecule has 0 spiro atoms. The number of halogens is 1. The van der Waals surface area contributed by atoms with E-state index < -0.39 is 23.8 Å². The van der Waals surface area contributed by atoms with Crippen LogP contribution in [-0.2, 0) is 4.79 Å². The van der Waals surface area contributed by atoms with Crippen molar-refractivity contribution < 1.29 is 24.2 Å². The lowest BCUT2D eigenvalue weighted by Crippen LogP contribution is -2.30. The number of benzene rings is 1. The first-order valence-corrected chi connectivity index (χ1v) is 4.95. The van der Waals surface area contributed by atoms with Gasteiger partial charge in [0.25, 0.3) is 5.91 Å². The van der Waals surface area contributed by atoms with E-state index in [1.165, 1.54) is 12.1 Å². The number of aliphatic hydroxyl groups is 1. The van der Waals surface area contributed by atoms with Crippen LogP contribution in [0.3, 0.4) is 0 Å². The van der Waals surface area contributed by atoms with E-state index in [0.717, 1.165) is 12.1 Å². The molecule has 0 heterocycles. The molecule has 0 saturated heterocycles. The van der Waals surface area contributed by atoms with Crippen molar-refractivity contribution >= 4 is 11.9 Å². The summed E-state index contributed by atoms with van der Waals surface area (Å²) in [7, 11) is 0. The van der Waals surface area contributed by atoms with Crippen molar-refractivity contribution in [1.82, 2.24) is 5.32 Å². The summed E-state index contributed by atoms with van der Waals surface area (Å²) in [4.78, 5) is 21.7. The minimum atomic E-state index is -1.50. The van der Waals surface area contributed by atoms with E-state index in [1.807, 2.05) is 0 Å². The minimum absolute atomic E-state index is 0.0314. The number of amides is 1. The molecule has 92 valence electrons. The number of nitrogens with one attached hydrogen (secondary N) is 1. The van der Waals surface area contributed by atoms with E-state index in [-0.39, 0.29) is 18.5 Å². The molecule has 0 radical (unpaired) electrons. The quantitative estimate of drug-likeness (QED) is 0.696. The molecule has 1 aromatic rings. The molecular weight excluding hydrogens is 229 g/mol. The fourth-order valence-corrected chi connectivity index (χ4v) is 1.15. The molecule has 1 atom stereocenters. The van der Waals surface area contributed by atoms with Crippen molar-refractivity contribution in [1.29, 1.82) is 0 Å². The lowest BCUT2D eigenvalue weighted by molar-refractivity contribution is -0.146. The SMILES string of the molecule is O=C(NCCC(O)C(=O)O)c1ccc(F)cc1. The van der Waals surface area contributed by atoms with Crippen molar-refractivity contribution in [2.75, 3.05) is 6.54 Å². The maximum Gasteiger partial charge on any atom is 0.332 e. The molecule has 1 unspecified atom stereocenters. The summed E-state index contributed by atoms with van der Waals surface area (Å²) in [5.41, 5.74) is 0.274. The number of hydrogen-bond acceptors (Lipinski definition) is 3. The normalized spacial score (nSPS) is 11.9. The highest BCUT2D eigenvalue weighted by atomic mass is 19.1. The Bertz CT molecular complexity index is 404. The van der Waals surface area contributed by atoms with E-state index in [4.69, 9.17) is 10.2 Å². The summed E-state index contributed by atoms with van der Waals surface area (Å²) >= 11 is 0. The summed E-state index contributed by atoms with van der Waals surface area (Å²) in [5.74, 6) is -2.22. The van der Waals surface area contributed by atoms with E-state index in [9.17, 15) is 14.0 Å². The average molecular weight is 241 g/mol. The minimum Gasteiger partial charge on any atom is -0.479 e. The molecule has 0 saturated carbocycles. The molecule has 0 aliphatic carbocycles. The third-order valence-electron chi connectivity index (χ3n) is 2.09. The van der Waals surface area contributed by atoms with Crippen molar-refractivity contribution in [3.8, 4) is 0 Å². The molecule has 6 heteroatoms. The molecule has 1 amide bonds. The molecule has 0 aliphatic rings. The molecule has 1 rings (SSSR count). The van der Waals surface area contributed by atoms with Crippen LogP contribution in [0.4, 0.5) is 4.39 Å². The summed E-state index contributed by atoms with van der Waals surface area (Å²) < 4.78 is 12.6. The highest BCUT2D eigenvalue weighted by molar-refractivity contribution is 5.94. The van der Waals surface area contributed by atoms with Crippen molar-refractivity contribution in [2.45, 2.75) is 12.5 Å². The van der Waals surface area contributed by atoms with Gasteiger partial charge in [-0.25, -0.2) is 9.18 Å². The van der Waals surface area contributed by atoms with Crippen molar-refractivity contribution in [3.63, 3.8) is 0 Å². The summed E-state index contributed by atoms with van der Waals surface area (Å²) in [5, 5.41) is 19.8. The van der Waals surface area contributed by atoms with Crippen LogP contribution in [0, 0.1) is 5.82 Å². The summed E-state index contributed by atoms with van der Waals surface area (Å²) in [6.07, 6.45) is -1.58. The maximum atomic E-state index is 12.6. The van der Waals surface area contributed by atoms with Crippen LogP contribution < -0.4 is 5.32 Å². The summed E-state index contributed by atoms with van der Waals surface area (Å²) in [6.45, 7) is 0.0314. The second-order valence-corrected chi connectivity index (χ2v) is 3.41. The van der Waals surface area contributed by atoms with Gasteiger partial charge in [-0.3, -0.25) is 4.79 Å². The van der Waals surface area contributed by atoms with E-state index in [2.05, 4.69) is 5.32 Å². The van der Waals surface area contributed by atoms with Crippen molar-refractivity contribution in [2.24, 2.45) is 0 Å².